The number of benzene rings is 1. The molecule has 174 valence electrons. The number of sulfonamides is 1. The van der Waals surface area contributed by atoms with Crippen LogP contribution in [-0.4, -0.2) is 44.0 Å². The van der Waals surface area contributed by atoms with Crippen LogP contribution in [0.15, 0.2) is 36.4 Å². The Bertz CT molecular complexity index is 1030. The molecular formula is C25H34N2O3S2. The summed E-state index contributed by atoms with van der Waals surface area (Å²) in [5, 5.41) is 0. The molecule has 1 saturated heterocycles. The van der Waals surface area contributed by atoms with Crippen LogP contribution in [0.4, 0.5) is 5.69 Å². The number of nitrogens with zero attached hydrogens (tertiary/aromatic N) is 2. The lowest BCUT2D eigenvalue weighted by Crippen LogP contribution is -2.50. The van der Waals surface area contributed by atoms with Crippen molar-refractivity contribution in [3.63, 3.8) is 0 Å². The van der Waals surface area contributed by atoms with Crippen molar-refractivity contribution in [3.05, 3.63) is 41.3 Å². The van der Waals surface area contributed by atoms with Gasteiger partial charge < -0.3 is 4.90 Å². The van der Waals surface area contributed by atoms with E-state index >= 15 is 0 Å². The summed E-state index contributed by atoms with van der Waals surface area (Å²) < 4.78 is 25.6. The van der Waals surface area contributed by atoms with Crippen LogP contribution in [0, 0.1) is 18.8 Å². The molecular weight excluding hydrogens is 440 g/mol. The average Bonchev–Trinajstić information content (AvgIpc) is 3.16. The largest absolute Gasteiger partial charge is 0.308 e. The first-order valence-corrected chi connectivity index (χ1v) is 14.3. The van der Waals surface area contributed by atoms with Crippen LogP contribution in [-0.2, 0) is 14.8 Å². The molecule has 1 saturated carbocycles. The average molecular weight is 475 g/mol. The van der Waals surface area contributed by atoms with E-state index in [1.54, 1.807) is 15.6 Å². The molecule has 0 spiro atoms. The van der Waals surface area contributed by atoms with Crippen LogP contribution in [0.5, 0.6) is 0 Å². The summed E-state index contributed by atoms with van der Waals surface area (Å²) in [7, 11) is -3.19. The first-order chi connectivity index (χ1) is 15.2. The SMILES string of the molecule is Cc1sc(-c2ccccc2)cc1N(C(=O)C1CCC(C)CC1)C1CCN(S(C)(=O)=O)CC1. The molecule has 0 radical (unpaired) electrons. The van der Waals surface area contributed by atoms with Gasteiger partial charge in [-0.2, -0.15) is 0 Å². The van der Waals surface area contributed by atoms with Gasteiger partial charge in [0.1, 0.15) is 0 Å². The van der Waals surface area contributed by atoms with Crippen molar-refractivity contribution in [2.24, 2.45) is 11.8 Å². The standard InChI is InChI=1S/C25H34N2O3S2/c1-18-9-11-21(12-10-18)25(28)27(22-13-15-26(16-14-22)32(3,29)30)23-17-24(31-19(23)2)20-7-5-4-6-8-20/h4-8,17-18,21-22H,9-16H2,1-3H3. The highest BCUT2D eigenvalue weighted by molar-refractivity contribution is 7.88. The van der Waals surface area contributed by atoms with Crippen LogP contribution >= 0.6 is 11.3 Å². The first kappa shape index (κ1) is 23.5. The molecule has 1 aromatic carbocycles. The van der Waals surface area contributed by atoms with Gasteiger partial charge in [-0.25, -0.2) is 12.7 Å². The summed E-state index contributed by atoms with van der Waals surface area (Å²) in [4.78, 5) is 18.2. The molecule has 5 nitrogen and oxygen atoms in total. The van der Waals surface area contributed by atoms with E-state index < -0.39 is 10.0 Å². The number of amides is 1. The fourth-order valence-electron chi connectivity index (χ4n) is 5.09. The molecule has 4 rings (SSSR count). The molecule has 2 fully saturated rings. The topological polar surface area (TPSA) is 57.7 Å². The van der Waals surface area contributed by atoms with Crippen LogP contribution in [0.2, 0.25) is 0 Å². The third-order valence-corrected chi connectivity index (χ3v) is 9.46. The third kappa shape index (κ3) is 5.10. The van der Waals surface area contributed by atoms with Crippen molar-refractivity contribution < 1.29 is 13.2 Å². The maximum atomic E-state index is 13.9. The minimum absolute atomic E-state index is 0.0387. The Morgan fingerprint density at radius 2 is 1.66 bits per heavy atom. The van der Waals surface area contributed by atoms with Gasteiger partial charge in [0.05, 0.1) is 11.9 Å². The van der Waals surface area contributed by atoms with Crippen LogP contribution < -0.4 is 4.90 Å². The molecule has 2 heterocycles. The van der Waals surface area contributed by atoms with E-state index in [0.717, 1.165) is 41.8 Å². The number of hydrogen-bond donors (Lipinski definition) is 0. The van der Waals surface area contributed by atoms with Gasteiger partial charge >= 0.3 is 0 Å². The van der Waals surface area contributed by atoms with Gasteiger partial charge in [0.25, 0.3) is 0 Å². The number of aryl methyl sites for hydroxylation is 1. The molecule has 0 bridgehead atoms. The molecule has 0 atom stereocenters. The van der Waals surface area contributed by atoms with Gasteiger partial charge in [-0.1, -0.05) is 37.3 Å². The number of thiophene rings is 1. The number of carbonyl (C=O) groups is 1. The Kier molecular flexibility index (Phi) is 7.08. The summed E-state index contributed by atoms with van der Waals surface area (Å²) in [6.07, 6.45) is 6.74. The van der Waals surface area contributed by atoms with Gasteiger partial charge in [0.15, 0.2) is 0 Å². The van der Waals surface area contributed by atoms with Crippen molar-refractivity contribution in [2.45, 2.75) is 58.4 Å². The van der Waals surface area contributed by atoms with E-state index in [1.165, 1.54) is 11.1 Å². The van der Waals surface area contributed by atoms with Gasteiger partial charge in [0, 0.05) is 34.8 Å². The first-order valence-electron chi connectivity index (χ1n) is 11.7. The number of rotatable bonds is 5. The lowest BCUT2D eigenvalue weighted by Gasteiger charge is -2.40. The van der Waals surface area contributed by atoms with E-state index in [0.29, 0.717) is 31.8 Å². The second kappa shape index (κ2) is 9.65. The molecule has 32 heavy (non-hydrogen) atoms. The molecule has 1 aromatic heterocycles. The van der Waals surface area contributed by atoms with Crippen LogP contribution in [0.3, 0.4) is 0 Å². The maximum Gasteiger partial charge on any atom is 0.230 e. The predicted molar refractivity (Wildman–Crippen MR) is 133 cm³/mol. The molecule has 1 amide bonds. The summed E-state index contributed by atoms with van der Waals surface area (Å²) in [5.41, 5.74) is 2.17. The minimum Gasteiger partial charge on any atom is -0.308 e. The number of hydrogen-bond acceptors (Lipinski definition) is 4. The van der Waals surface area contributed by atoms with Crippen molar-refractivity contribution in [1.82, 2.24) is 4.31 Å². The molecule has 0 unspecified atom stereocenters. The Morgan fingerprint density at radius 3 is 2.25 bits per heavy atom. The van der Waals surface area contributed by atoms with E-state index in [1.807, 2.05) is 18.2 Å². The van der Waals surface area contributed by atoms with Crippen molar-refractivity contribution >= 4 is 33.0 Å². The number of carbonyl (C=O) groups excluding carboxylic acids is 1. The van der Waals surface area contributed by atoms with E-state index in [9.17, 15) is 13.2 Å². The zero-order chi connectivity index (χ0) is 22.9. The third-order valence-electron chi connectivity index (χ3n) is 7.07. The van der Waals surface area contributed by atoms with Crippen LogP contribution in [0.1, 0.15) is 50.3 Å². The molecule has 1 aliphatic heterocycles. The summed E-state index contributed by atoms with van der Waals surface area (Å²) in [6.45, 7) is 5.32. The molecule has 1 aliphatic carbocycles. The normalized spacial score (nSPS) is 23.2. The number of piperidine rings is 1. The maximum absolute atomic E-state index is 13.9. The lowest BCUT2D eigenvalue weighted by molar-refractivity contribution is -0.124. The Labute approximate surface area is 196 Å². The molecule has 2 aliphatic rings. The smallest absolute Gasteiger partial charge is 0.230 e. The Morgan fingerprint density at radius 1 is 1.03 bits per heavy atom. The summed E-state index contributed by atoms with van der Waals surface area (Å²) >= 11 is 1.73. The highest BCUT2D eigenvalue weighted by Gasteiger charge is 2.37. The van der Waals surface area contributed by atoms with Gasteiger partial charge in [0.2, 0.25) is 15.9 Å². The molecule has 2 aromatic rings. The monoisotopic (exact) mass is 474 g/mol. The Hall–Kier alpha value is -1.70. The fourth-order valence-corrected chi connectivity index (χ4v) is 6.98. The predicted octanol–water partition coefficient (Wildman–Crippen LogP) is 5.31. The van der Waals surface area contributed by atoms with Gasteiger partial charge in [-0.3, -0.25) is 4.79 Å². The number of anilines is 1. The summed E-state index contributed by atoms with van der Waals surface area (Å²) in [6, 6.07) is 12.5. The minimum atomic E-state index is -3.19. The highest BCUT2D eigenvalue weighted by atomic mass is 32.2. The summed E-state index contributed by atoms with van der Waals surface area (Å²) in [5.74, 6) is 0.992. The zero-order valence-corrected chi connectivity index (χ0v) is 20.9. The lowest BCUT2D eigenvalue weighted by atomic mass is 9.82. The van der Waals surface area contributed by atoms with Crippen molar-refractivity contribution in [3.8, 4) is 10.4 Å². The quantitative estimate of drug-likeness (QED) is 0.590. The molecule has 0 N–H and O–H groups in total. The second-order valence-electron chi connectivity index (χ2n) is 9.48. The van der Waals surface area contributed by atoms with E-state index in [4.69, 9.17) is 0 Å². The highest BCUT2D eigenvalue weighted by Crippen LogP contribution is 2.40. The van der Waals surface area contributed by atoms with Gasteiger partial charge in [-0.05, 0) is 63.0 Å². The molecule has 7 heteroatoms. The van der Waals surface area contributed by atoms with Crippen molar-refractivity contribution in [2.75, 3.05) is 24.2 Å². The fraction of sp³-hybridized carbons (Fsp3) is 0.560. The van der Waals surface area contributed by atoms with Gasteiger partial charge in [-0.15, -0.1) is 11.3 Å². The van der Waals surface area contributed by atoms with E-state index in [-0.39, 0.29) is 17.9 Å². The van der Waals surface area contributed by atoms with Crippen molar-refractivity contribution in [1.29, 1.82) is 0 Å². The van der Waals surface area contributed by atoms with Crippen LogP contribution in [0.25, 0.3) is 10.4 Å². The van der Waals surface area contributed by atoms with E-state index in [2.05, 4.69) is 36.9 Å². The second-order valence-corrected chi connectivity index (χ2v) is 12.7. The Balaban J connectivity index is 1.64. The zero-order valence-electron chi connectivity index (χ0n) is 19.3.